The molecule has 1 heterocycles. The number of nitrogens with zero attached hydrogens (tertiary/aromatic N) is 1. The summed E-state index contributed by atoms with van der Waals surface area (Å²) in [5.74, 6) is -3.95. The first-order chi connectivity index (χ1) is 13.9. The number of hydrogen-bond acceptors (Lipinski definition) is 4. The van der Waals surface area contributed by atoms with E-state index in [-0.39, 0.29) is 11.8 Å². The number of nitrogens with one attached hydrogen (secondary N) is 1. The van der Waals surface area contributed by atoms with Gasteiger partial charge < -0.3 is 24.8 Å². The molecule has 2 aromatic carbocycles. The molecule has 1 aliphatic heterocycles. The number of aliphatic carboxylic acids is 2. The van der Waals surface area contributed by atoms with Crippen LogP contribution in [0.1, 0.15) is 30.9 Å². The number of likely N-dealkylation sites (N-methyl/N-ethyl adjacent to an activating group) is 1. The fourth-order valence-electron chi connectivity index (χ4n) is 3.46. The predicted molar refractivity (Wildman–Crippen MR) is 107 cm³/mol. The number of anilines is 1. The van der Waals surface area contributed by atoms with Gasteiger partial charge in [0.05, 0.1) is 32.1 Å². The summed E-state index contributed by atoms with van der Waals surface area (Å²) in [6.07, 6.45) is 0. The lowest BCUT2D eigenvalue weighted by Gasteiger charge is -2.22. The molecule has 0 saturated heterocycles. The van der Waals surface area contributed by atoms with Gasteiger partial charge in [0.15, 0.2) is 5.97 Å². The summed E-state index contributed by atoms with van der Waals surface area (Å²) >= 11 is 0. The zero-order valence-electron chi connectivity index (χ0n) is 16.6. The molecule has 1 unspecified atom stereocenters. The third-order valence-corrected chi connectivity index (χ3v) is 5.05. The Labute approximate surface area is 170 Å². The quantitative estimate of drug-likeness (QED) is 0.662. The summed E-state index contributed by atoms with van der Waals surface area (Å²) in [7, 11) is 0. The van der Waals surface area contributed by atoms with E-state index in [1.54, 1.807) is 0 Å². The zero-order chi connectivity index (χ0) is 21.4. The van der Waals surface area contributed by atoms with Gasteiger partial charge in [-0.2, -0.15) is 0 Å². The molecule has 2 N–H and O–H groups in total. The summed E-state index contributed by atoms with van der Waals surface area (Å²) in [6, 6.07) is 18.3. The Morgan fingerprint density at radius 1 is 1.03 bits per heavy atom. The van der Waals surface area contributed by atoms with E-state index in [4.69, 9.17) is 19.8 Å². The van der Waals surface area contributed by atoms with E-state index >= 15 is 0 Å². The molecular weight excluding hydrogens is 372 g/mol. The lowest BCUT2D eigenvalue weighted by atomic mass is 9.93. The maximum Gasteiger partial charge on any atom is 0.351 e. The first kappa shape index (κ1) is 22.1. The van der Waals surface area contributed by atoms with Crippen LogP contribution in [0.3, 0.4) is 0 Å². The molecule has 0 saturated carbocycles. The van der Waals surface area contributed by atoms with Crippen molar-refractivity contribution >= 4 is 23.5 Å². The Morgan fingerprint density at radius 3 is 2.14 bits per heavy atom. The Morgan fingerprint density at radius 2 is 1.59 bits per heavy atom. The van der Waals surface area contributed by atoms with Crippen LogP contribution in [0.25, 0.3) is 0 Å². The Hall–Kier alpha value is -3.19. The van der Waals surface area contributed by atoms with Gasteiger partial charge in [-0.1, -0.05) is 48.5 Å². The molecule has 7 heteroatoms. The summed E-state index contributed by atoms with van der Waals surface area (Å²) in [5, 5.41) is 16.3. The van der Waals surface area contributed by atoms with E-state index in [1.807, 2.05) is 35.2 Å². The normalized spacial score (nSPS) is 14.9. The second kappa shape index (κ2) is 10.4. The van der Waals surface area contributed by atoms with E-state index < -0.39 is 11.9 Å². The number of hydrogen-bond donors (Lipinski definition) is 2. The SMILES string of the molecule is CC[NH+](CC)CCN1C(=O)C(c2ccccc2)c2ccccc21.O=C([O-])C(=O)O. The van der Waals surface area contributed by atoms with Gasteiger partial charge in [-0.15, -0.1) is 0 Å². The topological polar surface area (TPSA) is 102 Å². The van der Waals surface area contributed by atoms with E-state index in [0.29, 0.717) is 0 Å². The highest BCUT2D eigenvalue weighted by Gasteiger charge is 2.38. The van der Waals surface area contributed by atoms with Crippen molar-refractivity contribution in [2.45, 2.75) is 19.8 Å². The molecule has 0 bridgehead atoms. The average molecular weight is 398 g/mol. The van der Waals surface area contributed by atoms with Crippen LogP contribution in [0.4, 0.5) is 5.69 Å². The van der Waals surface area contributed by atoms with Crippen molar-refractivity contribution < 1.29 is 29.5 Å². The van der Waals surface area contributed by atoms with Crippen LogP contribution in [-0.2, 0) is 14.4 Å². The monoisotopic (exact) mass is 398 g/mol. The fourth-order valence-corrected chi connectivity index (χ4v) is 3.46. The van der Waals surface area contributed by atoms with Crippen LogP contribution in [0.5, 0.6) is 0 Å². The first-order valence-electron chi connectivity index (χ1n) is 9.63. The van der Waals surface area contributed by atoms with Gasteiger partial charge >= 0.3 is 5.97 Å². The molecule has 2 aromatic rings. The standard InChI is InChI=1S/C20H24N2O.C2H2O4/c1-3-21(4-2)14-15-22-18-13-9-8-12-17(18)19(20(22)23)16-10-6-5-7-11-16;3-1(4)2(5)6/h5-13,19H,3-4,14-15H2,1-2H3;(H,3,4)(H,5,6). The van der Waals surface area contributed by atoms with Crippen LogP contribution in [-0.4, -0.2) is 49.1 Å². The highest BCUT2D eigenvalue weighted by molar-refractivity contribution is 6.26. The third kappa shape index (κ3) is 5.42. The number of benzene rings is 2. The van der Waals surface area contributed by atoms with Gasteiger partial charge in [-0.25, -0.2) is 4.79 Å². The van der Waals surface area contributed by atoms with Gasteiger partial charge in [0.2, 0.25) is 5.91 Å². The molecule has 0 radical (unpaired) electrons. The first-order valence-corrected chi connectivity index (χ1v) is 9.63. The molecule has 29 heavy (non-hydrogen) atoms. The Bertz CT molecular complexity index is 837. The largest absolute Gasteiger partial charge is 0.539 e. The van der Waals surface area contributed by atoms with Crippen molar-refractivity contribution in [2.24, 2.45) is 0 Å². The van der Waals surface area contributed by atoms with E-state index in [1.165, 1.54) is 4.90 Å². The maximum atomic E-state index is 13.1. The molecule has 1 amide bonds. The highest BCUT2D eigenvalue weighted by atomic mass is 16.4. The van der Waals surface area contributed by atoms with Crippen LogP contribution in [0.2, 0.25) is 0 Å². The van der Waals surface area contributed by atoms with E-state index in [0.717, 1.165) is 43.0 Å². The number of quaternary nitrogens is 1. The van der Waals surface area contributed by atoms with Crippen LogP contribution >= 0.6 is 0 Å². The van der Waals surface area contributed by atoms with Crippen molar-refractivity contribution in [3.8, 4) is 0 Å². The number of carbonyl (C=O) groups is 3. The van der Waals surface area contributed by atoms with Crippen LogP contribution in [0, 0.1) is 0 Å². The van der Waals surface area contributed by atoms with Gasteiger partial charge in [-0.3, -0.25) is 4.79 Å². The van der Waals surface area contributed by atoms with Gasteiger partial charge in [0, 0.05) is 5.69 Å². The summed E-state index contributed by atoms with van der Waals surface area (Å²) in [4.78, 5) is 34.6. The summed E-state index contributed by atoms with van der Waals surface area (Å²) in [5.41, 5.74) is 3.30. The second-order valence-corrected chi connectivity index (χ2v) is 6.69. The number of carbonyl (C=O) groups excluding carboxylic acids is 2. The summed E-state index contributed by atoms with van der Waals surface area (Å²) in [6.45, 7) is 8.38. The smallest absolute Gasteiger partial charge is 0.351 e. The van der Waals surface area contributed by atoms with Crippen LogP contribution < -0.4 is 14.9 Å². The zero-order valence-corrected chi connectivity index (χ0v) is 16.6. The minimum absolute atomic E-state index is 0.154. The molecular formula is C22H26N2O5. The van der Waals surface area contributed by atoms with Crippen molar-refractivity contribution in [1.82, 2.24) is 0 Å². The van der Waals surface area contributed by atoms with E-state index in [9.17, 15) is 4.79 Å². The van der Waals surface area contributed by atoms with Gasteiger partial charge in [-0.05, 0) is 31.0 Å². The number of para-hydroxylation sites is 1. The predicted octanol–water partition coefficient (Wildman–Crippen LogP) is -0.0893. The molecule has 7 nitrogen and oxygen atoms in total. The minimum Gasteiger partial charge on any atom is -0.539 e. The van der Waals surface area contributed by atoms with Crippen molar-refractivity contribution in [1.29, 1.82) is 0 Å². The number of fused-ring (bicyclic) bond motifs is 1. The maximum absolute atomic E-state index is 13.1. The van der Waals surface area contributed by atoms with Crippen LogP contribution in [0.15, 0.2) is 54.6 Å². The van der Waals surface area contributed by atoms with Gasteiger partial charge in [0.1, 0.15) is 0 Å². The molecule has 0 fully saturated rings. The molecule has 1 atom stereocenters. The third-order valence-electron chi connectivity index (χ3n) is 5.05. The summed E-state index contributed by atoms with van der Waals surface area (Å²) < 4.78 is 0. The lowest BCUT2D eigenvalue weighted by Crippen LogP contribution is -3.12. The minimum atomic E-state index is -2.07. The molecule has 3 rings (SSSR count). The second-order valence-electron chi connectivity index (χ2n) is 6.69. The molecule has 154 valence electrons. The number of amides is 1. The van der Waals surface area contributed by atoms with Crippen molar-refractivity contribution in [2.75, 3.05) is 31.1 Å². The highest BCUT2D eigenvalue weighted by Crippen LogP contribution is 2.40. The number of rotatable bonds is 6. The van der Waals surface area contributed by atoms with E-state index in [2.05, 4.69) is 38.1 Å². The lowest BCUT2D eigenvalue weighted by molar-refractivity contribution is -0.894. The average Bonchev–Trinajstić information content (AvgIpc) is 3.01. The fraction of sp³-hybridized carbons (Fsp3) is 0.318. The molecule has 0 spiro atoms. The van der Waals surface area contributed by atoms with Crippen molar-refractivity contribution in [3.05, 3.63) is 65.7 Å². The molecule has 0 aliphatic carbocycles. The van der Waals surface area contributed by atoms with Crippen molar-refractivity contribution in [3.63, 3.8) is 0 Å². The Kier molecular flexibility index (Phi) is 7.91. The number of carboxylic acids is 2. The molecule has 1 aliphatic rings. The molecule has 0 aromatic heterocycles. The number of carboxylic acid groups (broad SMARTS) is 2. The van der Waals surface area contributed by atoms with Gasteiger partial charge in [0.25, 0.3) is 0 Å². The Balaban J connectivity index is 0.000000438.